The minimum atomic E-state index is -3.56. The van der Waals surface area contributed by atoms with Crippen molar-refractivity contribution in [2.45, 2.75) is 33.2 Å². The molecule has 0 saturated carbocycles. The molecule has 0 unspecified atom stereocenters. The smallest absolute Gasteiger partial charge is 0.308 e. The van der Waals surface area contributed by atoms with Crippen LogP contribution < -0.4 is 4.18 Å². The van der Waals surface area contributed by atoms with Gasteiger partial charge < -0.3 is 13.8 Å². The summed E-state index contributed by atoms with van der Waals surface area (Å²) in [6.07, 6.45) is 1.25. The zero-order valence-electron chi connectivity index (χ0n) is 13.9. The van der Waals surface area contributed by atoms with Crippen LogP contribution in [0.4, 0.5) is 0 Å². The highest BCUT2D eigenvalue weighted by molar-refractivity contribution is 7.87. The second kappa shape index (κ2) is 9.52. The molecule has 0 aromatic heterocycles. The Labute approximate surface area is 138 Å². The van der Waals surface area contributed by atoms with E-state index in [2.05, 4.69) is 0 Å². The monoisotopic (exact) mass is 343 g/mol. The quantitative estimate of drug-likeness (QED) is 0.609. The van der Waals surface area contributed by atoms with Crippen LogP contribution in [0.5, 0.6) is 5.75 Å². The van der Waals surface area contributed by atoms with Gasteiger partial charge in [-0.3, -0.25) is 4.79 Å². The molecule has 0 bridgehead atoms. The predicted octanol–water partition coefficient (Wildman–Crippen LogP) is 2.19. The molecule has 7 heteroatoms. The molecule has 0 radical (unpaired) electrons. The van der Waals surface area contributed by atoms with Crippen LogP contribution in [-0.4, -0.2) is 45.2 Å². The van der Waals surface area contributed by atoms with E-state index in [1.165, 1.54) is 6.92 Å². The second-order valence-electron chi connectivity index (χ2n) is 5.14. The summed E-state index contributed by atoms with van der Waals surface area (Å²) in [5.41, 5.74) is 0.814. The fraction of sp³-hybridized carbons (Fsp3) is 0.562. The van der Waals surface area contributed by atoms with Gasteiger partial charge in [0.1, 0.15) is 5.75 Å². The van der Waals surface area contributed by atoms with Crippen LogP contribution in [0.25, 0.3) is 0 Å². The third-order valence-corrected chi connectivity index (χ3v) is 4.38. The molecule has 0 aliphatic heterocycles. The van der Waals surface area contributed by atoms with E-state index in [0.29, 0.717) is 26.1 Å². The van der Waals surface area contributed by atoms with Gasteiger partial charge in [-0.25, -0.2) is 0 Å². The molecule has 0 spiro atoms. The molecule has 6 nitrogen and oxygen atoms in total. The first kappa shape index (κ1) is 19.4. The zero-order valence-corrected chi connectivity index (χ0v) is 14.8. The van der Waals surface area contributed by atoms with Gasteiger partial charge in [0.25, 0.3) is 0 Å². The van der Waals surface area contributed by atoms with Crippen LogP contribution in [0.15, 0.2) is 24.3 Å². The van der Waals surface area contributed by atoms with Gasteiger partial charge in [0, 0.05) is 26.6 Å². The number of amides is 1. The van der Waals surface area contributed by atoms with Gasteiger partial charge in [-0.1, -0.05) is 19.1 Å². The van der Waals surface area contributed by atoms with Crippen molar-refractivity contribution in [1.82, 2.24) is 4.90 Å². The first-order valence-corrected chi connectivity index (χ1v) is 9.27. The Balaban J connectivity index is 2.85. The minimum absolute atomic E-state index is 0.0528. The molecule has 130 valence electrons. The van der Waals surface area contributed by atoms with Gasteiger partial charge in [0.2, 0.25) is 5.91 Å². The zero-order chi connectivity index (χ0) is 17.3. The highest BCUT2D eigenvalue weighted by Gasteiger charge is 2.14. The van der Waals surface area contributed by atoms with E-state index in [9.17, 15) is 13.2 Å². The van der Waals surface area contributed by atoms with Gasteiger partial charge in [0.05, 0.1) is 12.4 Å². The van der Waals surface area contributed by atoms with Crippen molar-refractivity contribution >= 4 is 16.0 Å². The molecule has 0 aliphatic carbocycles. The topological polar surface area (TPSA) is 72.9 Å². The van der Waals surface area contributed by atoms with E-state index < -0.39 is 10.1 Å². The normalized spacial score (nSPS) is 11.3. The van der Waals surface area contributed by atoms with E-state index in [1.807, 2.05) is 13.0 Å². The number of methoxy groups -OCH3 is 1. The largest absolute Gasteiger partial charge is 0.383 e. The summed E-state index contributed by atoms with van der Waals surface area (Å²) in [4.78, 5) is 13.9. The van der Waals surface area contributed by atoms with Gasteiger partial charge in [-0.15, -0.1) is 0 Å². The van der Waals surface area contributed by atoms with E-state index in [0.717, 1.165) is 12.0 Å². The Morgan fingerprint density at radius 3 is 2.61 bits per heavy atom. The van der Waals surface area contributed by atoms with Crippen molar-refractivity contribution in [3.8, 4) is 5.75 Å². The Hall–Kier alpha value is -1.60. The summed E-state index contributed by atoms with van der Waals surface area (Å²) in [6.45, 7) is 4.82. The molecule has 1 rings (SSSR count). The highest BCUT2D eigenvalue weighted by Crippen LogP contribution is 2.17. The summed E-state index contributed by atoms with van der Waals surface area (Å²) in [6, 6.07) is 6.79. The van der Waals surface area contributed by atoms with Crippen LogP contribution in [-0.2, 0) is 26.2 Å². The van der Waals surface area contributed by atoms with Crippen molar-refractivity contribution in [1.29, 1.82) is 0 Å². The molecule has 0 N–H and O–H groups in total. The molecular weight excluding hydrogens is 318 g/mol. The average molecular weight is 343 g/mol. The number of hydrogen-bond acceptors (Lipinski definition) is 5. The fourth-order valence-electron chi connectivity index (χ4n) is 1.99. The third kappa shape index (κ3) is 7.00. The summed E-state index contributed by atoms with van der Waals surface area (Å²) in [5, 5.41) is 0. The number of nitrogens with zero attached hydrogens (tertiary/aromatic N) is 1. The minimum Gasteiger partial charge on any atom is -0.383 e. The standard InChI is InChI=1S/C16H25NO5S/c1-4-7-16(18)17(10-11-21-3)13-14-8-6-9-15(12-14)22-23(19,20)5-2/h6,8-9,12H,4-5,7,10-11,13H2,1-3H3. The summed E-state index contributed by atoms with van der Waals surface area (Å²) in [5.74, 6) is 0.225. The second-order valence-corrected chi connectivity index (χ2v) is 6.99. The molecule has 23 heavy (non-hydrogen) atoms. The number of benzene rings is 1. The molecule has 1 amide bonds. The van der Waals surface area contributed by atoms with E-state index in [4.69, 9.17) is 8.92 Å². The van der Waals surface area contributed by atoms with E-state index in [-0.39, 0.29) is 17.4 Å². The first-order valence-electron chi connectivity index (χ1n) is 7.69. The van der Waals surface area contributed by atoms with E-state index in [1.54, 1.807) is 30.2 Å². The van der Waals surface area contributed by atoms with Crippen LogP contribution >= 0.6 is 0 Å². The lowest BCUT2D eigenvalue weighted by molar-refractivity contribution is -0.132. The Morgan fingerprint density at radius 1 is 1.26 bits per heavy atom. The number of carbonyl (C=O) groups excluding carboxylic acids is 1. The lowest BCUT2D eigenvalue weighted by Crippen LogP contribution is -2.33. The lowest BCUT2D eigenvalue weighted by atomic mass is 10.2. The fourth-order valence-corrected chi connectivity index (χ4v) is 2.50. The number of hydrogen-bond donors (Lipinski definition) is 0. The summed E-state index contributed by atoms with van der Waals surface area (Å²) in [7, 11) is -1.97. The van der Waals surface area contributed by atoms with Crippen LogP contribution in [0.2, 0.25) is 0 Å². The van der Waals surface area contributed by atoms with Gasteiger partial charge in [-0.2, -0.15) is 8.42 Å². The molecule has 0 fully saturated rings. The van der Waals surface area contributed by atoms with Crippen LogP contribution in [0, 0.1) is 0 Å². The molecule has 0 saturated heterocycles. The number of ether oxygens (including phenoxy) is 1. The predicted molar refractivity (Wildman–Crippen MR) is 88.7 cm³/mol. The highest BCUT2D eigenvalue weighted by atomic mass is 32.2. The maximum atomic E-state index is 12.2. The Bertz CT molecular complexity index is 600. The van der Waals surface area contributed by atoms with Crippen molar-refractivity contribution < 1.29 is 22.1 Å². The van der Waals surface area contributed by atoms with Gasteiger partial charge in [0.15, 0.2) is 0 Å². The SMILES string of the molecule is CCCC(=O)N(CCOC)Cc1cccc(OS(=O)(=O)CC)c1. The molecule has 0 heterocycles. The van der Waals surface area contributed by atoms with Crippen molar-refractivity contribution in [3.63, 3.8) is 0 Å². The molecule has 0 atom stereocenters. The van der Waals surface area contributed by atoms with Crippen molar-refractivity contribution in [3.05, 3.63) is 29.8 Å². The Morgan fingerprint density at radius 2 is 2.00 bits per heavy atom. The Kier molecular flexibility index (Phi) is 8.05. The van der Waals surface area contributed by atoms with Crippen molar-refractivity contribution in [2.24, 2.45) is 0 Å². The maximum absolute atomic E-state index is 12.2. The van der Waals surface area contributed by atoms with Crippen molar-refractivity contribution in [2.75, 3.05) is 26.0 Å². The maximum Gasteiger partial charge on any atom is 0.308 e. The summed E-state index contributed by atoms with van der Waals surface area (Å²) >= 11 is 0. The van der Waals surface area contributed by atoms with E-state index >= 15 is 0 Å². The van der Waals surface area contributed by atoms with Gasteiger partial charge in [-0.05, 0) is 31.0 Å². The number of carbonyl (C=O) groups is 1. The van der Waals surface area contributed by atoms with Gasteiger partial charge >= 0.3 is 10.1 Å². The summed E-state index contributed by atoms with van der Waals surface area (Å²) < 4.78 is 33.1. The molecular formula is C16H25NO5S. The lowest BCUT2D eigenvalue weighted by Gasteiger charge is -2.22. The van der Waals surface area contributed by atoms with Crippen LogP contribution in [0.3, 0.4) is 0 Å². The average Bonchev–Trinajstić information content (AvgIpc) is 2.51. The third-order valence-electron chi connectivity index (χ3n) is 3.23. The molecule has 1 aromatic rings. The molecule has 1 aromatic carbocycles. The first-order chi connectivity index (χ1) is 10.9. The number of rotatable bonds is 10. The van der Waals surface area contributed by atoms with Crippen LogP contribution in [0.1, 0.15) is 32.3 Å². The molecule has 0 aliphatic rings.